The van der Waals surface area contributed by atoms with Gasteiger partial charge in [0.1, 0.15) is 17.5 Å². The van der Waals surface area contributed by atoms with E-state index in [9.17, 15) is 24.0 Å². The van der Waals surface area contributed by atoms with E-state index >= 15 is 0 Å². The molecule has 10 nitrogen and oxygen atoms in total. The summed E-state index contributed by atoms with van der Waals surface area (Å²) >= 11 is 2.12. The first-order chi connectivity index (χ1) is 23.3. The highest BCUT2D eigenvalue weighted by Gasteiger charge is 2.56. The highest BCUT2D eigenvalue weighted by Crippen LogP contribution is 2.54. The van der Waals surface area contributed by atoms with E-state index in [1.54, 1.807) is 38.3 Å². The molecular formula is C36H29N3O7S2. The molecule has 12 heteroatoms. The predicted octanol–water partition coefficient (Wildman–Crippen LogP) is 5.68. The van der Waals surface area contributed by atoms with Crippen molar-refractivity contribution in [3.8, 4) is 5.75 Å². The average Bonchev–Trinajstić information content (AvgIpc) is 3.54. The fourth-order valence-electron chi connectivity index (χ4n) is 6.25. The van der Waals surface area contributed by atoms with Crippen LogP contribution in [0.2, 0.25) is 0 Å². The number of methoxy groups -OCH3 is 1. The Bertz CT molecular complexity index is 2140. The van der Waals surface area contributed by atoms with Crippen LogP contribution >= 0.6 is 23.1 Å². The van der Waals surface area contributed by atoms with Crippen molar-refractivity contribution in [3.05, 3.63) is 117 Å². The maximum atomic E-state index is 14.2. The summed E-state index contributed by atoms with van der Waals surface area (Å²) in [5.74, 6) is -2.56. The first-order valence-electron chi connectivity index (χ1n) is 15.2. The van der Waals surface area contributed by atoms with Gasteiger partial charge in [-0.05, 0) is 71.8 Å². The van der Waals surface area contributed by atoms with Crippen molar-refractivity contribution in [3.63, 3.8) is 0 Å². The van der Waals surface area contributed by atoms with Crippen molar-refractivity contribution < 1.29 is 28.7 Å². The first-order valence-corrected chi connectivity index (χ1v) is 16.9. The van der Waals surface area contributed by atoms with E-state index in [0.29, 0.717) is 32.6 Å². The fraction of sp³-hybridized carbons (Fsp3) is 0.194. The molecule has 7 rings (SSSR count). The maximum absolute atomic E-state index is 14.2. The Morgan fingerprint density at radius 3 is 2.31 bits per heavy atom. The number of rotatable bonds is 8. The number of ether oxygens (including phenoxy) is 2. The third kappa shape index (κ3) is 5.56. The number of amides is 3. The Balaban J connectivity index is 1.23. The predicted molar refractivity (Wildman–Crippen MR) is 184 cm³/mol. The number of carbonyl (C=O) groups is 4. The van der Waals surface area contributed by atoms with E-state index < -0.39 is 40.8 Å². The molecule has 1 saturated heterocycles. The van der Waals surface area contributed by atoms with Gasteiger partial charge in [0.05, 0.1) is 35.9 Å². The lowest BCUT2D eigenvalue weighted by Gasteiger charge is -2.30. The standard InChI is InChI=1S/C36H29N3O7S2/c1-3-46-35(43)22-9-14-25(15-10-22)39-32(41)29-28(21-11-16-26(45-2)17-12-21)31-34(47-30(29)33(39)42)38(36(44)48-31)19-27(40)37-24-13-8-20-6-4-5-7-23(20)18-24/h4-18,28-30H,3,19H2,1-2H3,(H,37,40)/t28-,29?,30?/m1/s1. The number of hydrogen-bond donors (Lipinski definition) is 1. The normalized spacial score (nSPS) is 18.4. The average molecular weight is 680 g/mol. The molecule has 4 aromatic carbocycles. The molecule has 3 amide bonds. The minimum absolute atomic E-state index is 0.220. The molecule has 0 bridgehead atoms. The van der Waals surface area contributed by atoms with Gasteiger partial charge in [0, 0.05) is 16.5 Å². The second-order valence-corrected chi connectivity index (χ2v) is 13.5. The highest BCUT2D eigenvalue weighted by molar-refractivity contribution is 8.00. The molecule has 0 aliphatic carbocycles. The van der Waals surface area contributed by atoms with E-state index in [1.165, 1.54) is 16.7 Å². The number of hydrogen-bond acceptors (Lipinski definition) is 9. The van der Waals surface area contributed by atoms with Crippen LogP contribution in [0.15, 0.2) is 101 Å². The Hall–Kier alpha value is -5.20. The van der Waals surface area contributed by atoms with Crippen molar-refractivity contribution >= 4 is 68.9 Å². The molecule has 0 spiro atoms. The van der Waals surface area contributed by atoms with Crippen molar-refractivity contribution in [2.24, 2.45) is 5.92 Å². The molecule has 3 atom stereocenters. The quantitative estimate of drug-likeness (QED) is 0.164. The van der Waals surface area contributed by atoms with Gasteiger partial charge in [-0.15, -0.1) is 0 Å². The van der Waals surface area contributed by atoms with E-state index in [0.717, 1.165) is 44.3 Å². The van der Waals surface area contributed by atoms with E-state index in [-0.39, 0.29) is 18.0 Å². The second kappa shape index (κ2) is 12.8. The van der Waals surface area contributed by atoms with Gasteiger partial charge in [0.2, 0.25) is 17.7 Å². The number of anilines is 2. The van der Waals surface area contributed by atoms with Gasteiger partial charge in [0.15, 0.2) is 0 Å². The Kier molecular flexibility index (Phi) is 8.36. The van der Waals surface area contributed by atoms with Crippen LogP contribution in [0.25, 0.3) is 10.8 Å². The molecule has 242 valence electrons. The zero-order valence-corrected chi connectivity index (χ0v) is 27.5. The molecule has 1 fully saturated rings. The molecule has 2 aliphatic heterocycles. The van der Waals surface area contributed by atoms with Crippen molar-refractivity contribution in [2.75, 3.05) is 23.9 Å². The number of benzene rings is 4. The topological polar surface area (TPSA) is 124 Å². The molecule has 5 aromatic rings. The van der Waals surface area contributed by atoms with Crippen LogP contribution in [0.4, 0.5) is 11.4 Å². The van der Waals surface area contributed by atoms with Crippen LogP contribution in [0, 0.1) is 5.92 Å². The number of esters is 1. The van der Waals surface area contributed by atoms with E-state index in [1.807, 2.05) is 54.6 Å². The summed E-state index contributed by atoms with van der Waals surface area (Å²) in [6.07, 6.45) is 0. The molecular weight excluding hydrogens is 651 g/mol. The second-order valence-electron chi connectivity index (χ2n) is 11.3. The fourth-order valence-corrected chi connectivity index (χ4v) is 9.03. The summed E-state index contributed by atoms with van der Waals surface area (Å²) in [6.45, 7) is 1.66. The van der Waals surface area contributed by atoms with Gasteiger partial charge in [-0.3, -0.25) is 23.7 Å². The minimum Gasteiger partial charge on any atom is -0.497 e. The number of thiazole rings is 1. The third-order valence-electron chi connectivity index (χ3n) is 8.50. The summed E-state index contributed by atoms with van der Waals surface area (Å²) in [6, 6.07) is 26.7. The van der Waals surface area contributed by atoms with Gasteiger partial charge in [0.25, 0.3) is 0 Å². The van der Waals surface area contributed by atoms with Crippen LogP contribution in [-0.4, -0.2) is 47.2 Å². The summed E-state index contributed by atoms with van der Waals surface area (Å²) in [5.41, 5.74) is 1.97. The van der Waals surface area contributed by atoms with Crippen molar-refractivity contribution in [1.82, 2.24) is 4.57 Å². The summed E-state index contributed by atoms with van der Waals surface area (Å²) in [7, 11) is 1.56. The van der Waals surface area contributed by atoms with Gasteiger partial charge in [-0.25, -0.2) is 9.69 Å². The molecule has 1 N–H and O–H groups in total. The maximum Gasteiger partial charge on any atom is 0.338 e. The zero-order chi connectivity index (χ0) is 33.5. The highest BCUT2D eigenvalue weighted by atomic mass is 32.2. The molecule has 0 saturated carbocycles. The lowest BCUT2D eigenvalue weighted by Crippen LogP contribution is -2.33. The number of imide groups is 1. The van der Waals surface area contributed by atoms with Gasteiger partial charge < -0.3 is 14.8 Å². The number of thioether (sulfide) groups is 1. The Labute approximate surface area is 283 Å². The number of fused-ring (bicyclic) bond motifs is 3. The smallest absolute Gasteiger partial charge is 0.338 e. The van der Waals surface area contributed by atoms with E-state index in [2.05, 4.69) is 5.32 Å². The largest absolute Gasteiger partial charge is 0.497 e. The van der Waals surface area contributed by atoms with Crippen LogP contribution in [0.3, 0.4) is 0 Å². The van der Waals surface area contributed by atoms with Crippen LogP contribution in [0.5, 0.6) is 5.75 Å². The van der Waals surface area contributed by atoms with Crippen LogP contribution in [0.1, 0.15) is 33.6 Å². The van der Waals surface area contributed by atoms with Gasteiger partial charge >= 0.3 is 10.8 Å². The van der Waals surface area contributed by atoms with Crippen LogP contribution in [-0.2, 0) is 25.7 Å². The lowest BCUT2D eigenvalue weighted by molar-refractivity contribution is -0.122. The number of aromatic nitrogens is 1. The SMILES string of the molecule is CCOC(=O)c1ccc(N2C(=O)C3Sc4c(sc(=O)n4CC(=O)Nc4ccc5ccccc5c4)[C@H](c4ccc(OC)cc4)C3C2=O)cc1. The summed E-state index contributed by atoms with van der Waals surface area (Å²) in [4.78, 5) is 68.7. The summed E-state index contributed by atoms with van der Waals surface area (Å²) < 4.78 is 11.8. The Morgan fingerprint density at radius 1 is 0.875 bits per heavy atom. The zero-order valence-electron chi connectivity index (χ0n) is 25.9. The summed E-state index contributed by atoms with van der Waals surface area (Å²) in [5, 5.41) is 4.53. The van der Waals surface area contributed by atoms with Gasteiger partial charge in [-0.1, -0.05) is 65.6 Å². The molecule has 0 radical (unpaired) electrons. The number of carbonyl (C=O) groups excluding carboxylic acids is 4. The third-order valence-corrected chi connectivity index (χ3v) is 11.1. The number of nitrogens with zero attached hydrogens (tertiary/aromatic N) is 2. The number of nitrogens with one attached hydrogen (secondary N) is 1. The minimum atomic E-state index is -0.856. The monoisotopic (exact) mass is 679 g/mol. The molecule has 2 aliphatic rings. The molecule has 2 unspecified atom stereocenters. The lowest BCUT2D eigenvalue weighted by atomic mass is 9.83. The van der Waals surface area contributed by atoms with Crippen LogP contribution < -0.4 is 19.8 Å². The van der Waals surface area contributed by atoms with E-state index in [4.69, 9.17) is 9.47 Å². The van der Waals surface area contributed by atoms with Crippen molar-refractivity contribution in [1.29, 1.82) is 0 Å². The Morgan fingerprint density at radius 2 is 1.60 bits per heavy atom. The van der Waals surface area contributed by atoms with Crippen molar-refractivity contribution in [2.45, 2.75) is 29.7 Å². The first kappa shape index (κ1) is 31.4. The van der Waals surface area contributed by atoms with Gasteiger partial charge in [-0.2, -0.15) is 0 Å². The molecule has 1 aromatic heterocycles. The molecule has 3 heterocycles. The molecule has 48 heavy (non-hydrogen) atoms.